The SMILES string of the molecule is Cc1ccnc(N2CCC[C@H](C(=O)O)C2)n1. The Morgan fingerprint density at radius 1 is 1.62 bits per heavy atom. The van der Waals surface area contributed by atoms with Gasteiger partial charge in [0.2, 0.25) is 5.95 Å². The second kappa shape index (κ2) is 4.47. The highest BCUT2D eigenvalue weighted by molar-refractivity contribution is 5.71. The third-order valence-corrected chi connectivity index (χ3v) is 2.84. The fraction of sp³-hybridized carbons (Fsp3) is 0.545. The minimum Gasteiger partial charge on any atom is -0.481 e. The van der Waals surface area contributed by atoms with Gasteiger partial charge in [0.25, 0.3) is 0 Å². The maximum absolute atomic E-state index is 10.9. The number of carbonyl (C=O) groups is 1. The number of carboxylic acids is 1. The van der Waals surface area contributed by atoms with E-state index in [2.05, 4.69) is 9.97 Å². The zero-order valence-electron chi connectivity index (χ0n) is 9.26. The summed E-state index contributed by atoms with van der Waals surface area (Å²) in [6.07, 6.45) is 3.34. The largest absolute Gasteiger partial charge is 0.481 e. The van der Waals surface area contributed by atoms with Crippen LogP contribution in [0.5, 0.6) is 0 Å². The van der Waals surface area contributed by atoms with Crippen LogP contribution >= 0.6 is 0 Å². The summed E-state index contributed by atoms with van der Waals surface area (Å²) in [5, 5.41) is 8.99. The van der Waals surface area contributed by atoms with Gasteiger partial charge in [0.05, 0.1) is 5.92 Å². The minimum atomic E-state index is -0.725. The van der Waals surface area contributed by atoms with Crippen LogP contribution in [0.25, 0.3) is 0 Å². The minimum absolute atomic E-state index is 0.294. The number of anilines is 1. The first-order chi connectivity index (χ1) is 7.66. The third-order valence-electron chi connectivity index (χ3n) is 2.84. The highest BCUT2D eigenvalue weighted by atomic mass is 16.4. The van der Waals surface area contributed by atoms with Crippen LogP contribution in [-0.2, 0) is 4.79 Å². The molecule has 2 rings (SSSR count). The van der Waals surface area contributed by atoms with E-state index in [-0.39, 0.29) is 5.92 Å². The maximum atomic E-state index is 10.9. The molecule has 0 aromatic carbocycles. The molecule has 86 valence electrons. The number of piperidine rings is 1. The van der Waals surface area contributed by atoms with Gasteiger partial charge in [0, 0.05) is 25.0 Å². The quantitative estimate of drug-likeness (QED) is 0.809. The first kappa shape index (κ1) is 10.9. The van der Waals surface area contributed by atoms with Crippen LogP contribution < -0.4 is 4.90 Å². The number of rotatable bonds is 2. The van der Waals surface area contributed by atoms with E-state index in [1.807, 2.05) is 17.9 Å². The molecule has 0 saturated carbocycles. The van der Waals surface area contributed by atoms with E-state index >= 15 is 0 Å². The summed E-state index contributed by atoms with van der Waals surface area (Å²) >= 11 is 0. The molecule has 1 N–H and O–H groups in total. The average molecular weight is 221 g/mol. The molecule has 1 aromatic heterocycles. The molecule has 0 aliphatic carbocycles. The first-order valence-electron chi connectivity index (χ1n) is 5.44. The van der Waals surface area contributed by atoms with Gasteiger partial charge in [-0.15, -0.1) is 0 Å². The molecule has 0 radical (unpaired) electrons. The summed E-state index contributed by atoms with van der Waals surface area (Å²) in [6, 6.07) is 1.84. The lowest BCUT2D eigenvalue weighted by atomic mass is 9.99. The molecule has 1 saturated heterocycles. The average Bonchev–Trinajstić information content (AvgIpc) is 2.29. The van der Waals surface area contributed by atoms with Crippen molar-refractivity contribution in [2.45, 2.75) is 19.8 Å². The Hall–Kier alpha value is -1.65. The monoisotopic (exact) mass is 221 g/mol. The Balaban J connectivity index is 2.12. The number of aryl methyl sites for hydroxylation is 1. The van der Waals surface area contributed by atoms with Crippen LogP contribution in [0.2, 0.25) is 0 Å². The zero-order valence-corrected chi connectivity index (χ0v) is 9.26. The van der Waals surface area contributed by atoms with Gasteiger partial charge in [-0.25, -0.2) is 9.97 Å². The molecule has 0 spiro atoms. The molecule has 1 aromatic rings. The van der Waals surface area contributed by atoms with Gasteiger partial charge in [-0.3, -0.25) is 4.79 Å². The Labute approximate surface area is 94.1 Å². The molecule has 0 bridgehead atoms. The highest BCUT2D eigenvalue weighted by Crippen LogP contribution is 2.20. The van der Waals surface area contributed by atoms with Gasteiger partial charge >= 0.3 is 5.97 Å². The van der Waals surface area contributed by atoms with E-state index in [1.165, 1.54) is 0 Å². The van der Waals surface area contributed by atoms with E-state index in [4.69, 9.17) is 5.11 Å². The molecule has 1 atom stereocenters. The lowest BCUT2D eigenvalue weighted by molar-refractivity contribution is -0.141. The smallest absolute Gasteiger partial charge is 0.308 e. The van der Waals surface area contributed by atoms with E-state index in [1.54, 1.807) is 6.20 Å². The predicted octanol–water partition coefficient (Wildman–Crippen LogP) is 1.09. The van der Waals surface area contributed by atoms with Crippen LogP contribution in [-0.4, -0.2) is 34.1 Å². The molecule has 0 amide bonds. The molecular weight excluding hydrogens is 206 g/mol. The number of aliphatic carboxylic acids is 1. The second-order valence-corrected chi connectivity index (χ2v) is 4.12. The summed E-state index contributed by atoms with van der Waals surface area (Å²) in [6.45, 7) is 3.26. The van der Waals surface area contributed by atoms with Crippen LogP contribution in [0.3, 0.4) is 0 Å². The van der Waals surface area contributed by atoms with Gasteiger partial charge in [-0.05, 0) is 25.8 Å². The number of nitrogens with zero attached hydrogens (tertiary/aromatic N) is 3. The fourth-order valence-electron chi connectivity index (χ4n) is 1.95. The number of hydrogen-bond donors (Lipinski definition) is 1. The van der Waals surface area contributed by atoms with Crippen LogP contribution in [0.4, 0.5) is 5.95 Å². The lowest BCUT2D eigenvalue weighted by Crippen LogP contribution is -2.39. The van der Waals surface area contributed by atoms with Crippen molar-refractivity contribution in [3.05, 3.63) is 18.0 Å². The van der Waals surface area contributed by atoms with Crippen molar-refractivity contribution in [2.75, 3.05) is 18.0 Å². The van der Waals surface area contributed by atoms with Crippen molar-refractivity contribution >= 4 is 11.9 Å². The molecule has 16 heavy (non-hydrogen) atoms. The van der Waals surface area contributed by atoms with Crippen molar-refractivity contribution in [1.82, 2.24) is 9.97 Å². The fourth-order valence-corrected chi connectivity index (χ4v) is 1.95. The maximum Gasteiger partial charge on any atom is 0.308 e. The van der Waals surface area contributed by atoms with Crippen molar-refractivity contribution in [3.63, 3.8) is 0 Å². The third kappa shape index (κ3) is 2.29. The van der Waals surface area contributed by atoms with Crippen molar-refractivity contribution in [3.8, 4) is 0 Å². The first-order valence-corrected chi connectivity index (χ1v) is 5.44. The normalized spacial score (nSPS) is 20.8. The summed E-state index contributed by atoms with van der Waals surface area (Å²) in [5.74, 6) is -0.374. The molecule has 1 aliphatic heterocycles. The van der Waals surface area contributed by atoms with Crippen molar-refractivity contribution in [1.29, 1.82) is 0 Å². The molecule has 0 unspecified atom stereocenters. The molecule has 1 aliphatic rings. The Morgan fingerprint density at radius 3 is 3.12 bits per heavy atom. The van der Waals surface area contributed by atoms with Crippen molar-refractivity contribution < 1.29 is 9.90 Å². The van der Waals surface area contributed by atoms with Crippen LogP contribution in [0.1, 0.15) is 18.5 Å². The van der Waals surface area contributed by atoms with Crippen molar-refractivity contribution in [2.24, 2.45) is 5.92 Å². The van der Waals surface area contributed by atoms with Gasteiger partial charge in [-0.2, -0.15) is 0 Å². The van der Waals surface area contributed by atoms with E-state index in [0.29, 0.717) is 12.5 Å². The topological polar surface area (TPSA) is 66.3 Å². The van der Waals surface area contributed by atoms with Gasteiger partial charge in [0.15, 0.2) is 0 Å². The standard InChI is InChI=1S/C11H15N3O2/c1-8-4-5-12-11(13-8)14-6-2-3-9(7-14)10(15)16/h4-5,9H,2-3,6-7H2,1H3,(H,15,16)/t9-/m0/s1. The molecule has 5 nitrogen and oxygen atoms in total. The highest BCUT2D eigenvalue weighted by Gasteiger charge is 2.26. The summed E-state index contributed by atoms with van der Waals surface area (Å²) in [4.78, 5) is 21.4. The van der Waals surface area contributed by atoms with E-state index < -0.39 is 5.97 Å². The summed E-state index contributed by atoms with van der Waals surface area (Å²) in [5.41, 5.74) is 0.905. The second-order valence-electron chi connectivity index (χ2n) is 4.12. The molecule has 1 fully saturated rings. The summed E-state index contributed by atoms with van der Waals surface area (Å²) in [7, 11) is 0. The predicted molar refractivity (Wildman–Crippen MR) is 59.3 cm³/mol. The Bertz CT molecular complexity index is 395. The molecule has 5 heteroatoms. The van der Waals surface area contributed by atoms with Crippen LogP contribution in [0, 0.1) is 12.8 Å². The Morgan fingerprint density at radius 2 is 2.44 bits per heavy atom. The molecular formula is C11H15N3O2. The lowest BCUT2D eigenvalue weighted by Gasteiger charge is -2.30. The number of hydrogen-bond acceptors (Lipinski definition) is 4. The summed E-state index contributed by atoms with van der Waals surface area (Å²) < 4.78 is 0. The van der Waals surface area contributed by atoms with Gasteiger partial charge in [-0.1, -0.05) is 0 Å². The Kier molecular flexibility index (Phi) is 3.03. The van der Waals surface area contributed by atoms with Gasteiger partial charge < -0.3 is 10.0 Å². The van der Waals surface area contributed by atoms with Gasteiger partial charge in [0.1, 0.15) is 0 Å². The molecule has 2 heterocycles. The zero-order chi connectivity index (χ0) is 11.5. The van der Waals surface area contributed by atoms with Crippen LogP contribution in [0.15, 0.2) is 12.3 Å². The van der Waals surface area contributed by atoms with E-state index in [9.17, 15) is 4.79 Å². The van der Waals surface area contributed by atoms with E-state index in [0.717, 1.165) is 25.1 Å². The number of aromatic nitrogens is 2. The number of carboxylic acid groups (broad SMARTS) is 1.